The maximum absolute atomic E-state index is 13.2. The molecule has 0 aliphatic heterocycles. The Morgan fingerprint density at radius 3 is 2.45 bits per heavy atom. The number of hydrogen-bond donors (Lipinski definition) is 1. The van der Waals surface area contributed by atoms with E-state index in [9.17, 15) is 17.2 Å². The van der Waals surface area contributed by atoms with Crippen LogP contribution in [0.25, 0.3) is 0 Å². The van der Waals surface area contributed by atoms with E-state index >= 15 is 0 Å². The van der Waals surface area contributed by atoms with Crippen molar-refractivity contribution in [3.05, 3.63) is 46.8 Å². The lowest BCUT2D eigenvalue weighted by Crippen LogP contribution is -2.24. The first kappa shape index (κ1) is 16.6. The molecular formula is C14H17F2N3O2S. The summed E-state index contributed by atoms with van der Waals surface area (Å²) in [6.07, 6.45) is 0. The Balaban J connectivity index is 2.23. The molecule has 1 N–H and O–H groups in total. The number of sulfonamides is 1. The normalized spacial score (nSPS) is 11.9. The molecule has 5 nitrogen and oxygen atoms in total. The number of rotatable bonds is 5. The van der Waals surface area contributed by atoms with Crippen molar-refractivity contribution >= 4 is 10.0 Å². The second-order valence-corrected chi connectivity index (χ2v) is 6.63. The molecule has 0 saturated heterocycles. The second-order valence-electron chi connectivity index (χ2n) is 4.87. The second kappa shape index (κ2) is 6.13. The summed E-state index contributed by atoms with van der Waals surface area (Å²) in [5.74, 6) is -2.29. The van der Waals surface area contributed by atoms with E-state index in [1.165, 1.54) is 0 Å². The highest BCUT2D eigenvalue weighted by molar-refractivity contribution is 7.89. The first-order chi connectivity index (χ1) is 10.3. The molecule has 120 valence electrons. The van der Waals surface area contributed by atoms with Gasteiger partial charge in [-0.1, -0.05) is 0 Å². The average Bonchev–Trinajstić information content (AvgIpc) is 2.74. The monoisotopic (exact) mass is 329 g/mol. The van der Waals surface area contributed by atoms with Crippen molar-refractivity contribution in [2.45, 2.75) is 38.8 Å². The van der Waals surface area contributed by atoms with Crippen molar-refractivity contribution in [2.75, 3.05) is 0 Å². The summed E-state index contributed by atoms with van der Waals surface area (Å²) < 4.78 is 54.5. The van der Waals surface area contributed by atoms with Gasteiger partial charge >= 0.3 is 0 Å². The van der Waals surface area contributed by atoms with Crippen LogP contribution in [0.5, 0.6) is 0 Å². The maximum Gasteiger partial charge on any atom is 0.240 e. The lowest BCUT2D eigenvalue weighted by molar-refractivity contribution is 0.504. The molecule has 0 aliphatic carbocycles. The number of hydrogen-bond acceptors (Lipinski definition) is 3. The summed E-state index contributed by atoms with van der Waals surface area (Å²) in [6, 6.07) is 2.47. The predicted octanol–water partition coefficient (Wildman–Crippen LogP) is 2.28. The third kappa shape index (κ3) is 3.17. The van der Waals surface area contributed by atoms with E-state index in [4.69, 9.17) is 0 Å². The zero-order valence-electron chi connectivity index (χ0n) is 12.5. The number of nitrogens with zero attached hydrogens (tertiary/aromatic N) is 2. The maximum atomic E-state index is 13.2. The van der Waals surface area contributed by atoms with Gasteiger partial charge in [-0.25, -0.2) is 21.9 Å². The van der Waals surface area contributed by atoms with Gasteiger partial charge in [-0.2, -0.15) is 5.10 Å². The van der Waals surface area contributed by atoms with Gasteiger partial charge < -0.3 is 0 Å². The van der Waals surface area contributed by atoms with E-state index in [2.05, 4.69) is 9.82 Å². The third-order valence-electron chi connectivity index (χ3n) is 3.47. The Morgan fingerprint density at radius 1 is 1.23 bits per heavy atom. The summed E-state index contributed by atoms with van der Waals surface area (Å²) in [5.41, 5.74) is 2.37. The number of aryl methyl sites for hydroxylation is 2. The summed E-state index contributed by atoms with van der Waals surface area (Å²) >= 11 is 0. The van der Waals surface area contributed by atoms with E-state index in [1.807, 2.05) is 13.8 Å². The molecule has 0 spiro atoms. The average molecular weight is 329 g/mol. The SMILES string of the molecule is CCn1nc(C)c(CNS(=O)(=O)c2ccc(F)c(F)c2)c1C. The summed E-state index contributed by atoms with van der Waals surface area (Å²) in [4.78, 5) is -0.315. The minimum Gasteiger partial charge on any atom is -0.270 e. The highest BCUT2D eigenvalue weighted by atomic mass is 32.2. The van der Waals surface area contributed by atoms with Crippen LogP contribution in [0.1, 0.15) is 23.9 Å². The molecule has 2 aromatic rings. The third-order valence-corrected chi connectivity index (χ3v) is 4.87. The van der Waals surface area contributed by atoms with Gasteiger partial charge in [0.05, 0.1) is 10.6 Å². The van der Waals surface area contributed by atoms with Gasteiger partial charge in [0.2, 0.25) is 10.0 Å². The van der Waals surface area contributed by atoms with Crippen molar-refractivity contribution in [3.63, 3.8) is 0 Å². The first-order valence-corrected chi connectivity index (χ1v) is 8.22. The lowest BCUT2D eigenvalue weighted by Gasteiger charge is -2.08. The van der Waals surface area contributed by atoms with Gasteiger partial charge in [0.1, 0.15) is 0 Å². The number of aromatic nitrogens is 2. The van der Waals surface area contributed by atoms with E-state index in [1.54, 1.807) is 11.6 Å². The van der Waals surface area contributed by atoms with Crippen LogP contribution in [0.3, 0.4) is 0 Å². The van der Waals surface area contributed by atoms with Gasteiger partial charge in [-0.15, -0.1) is 0 Å². The van der Waals surface area contributed by atoms with E-state index < -0.39 is 21.7 Å². The van der Waals surface area contributed by atoms with Gasteiger partial charge in [0.15, 0.2) is 11.6 Å². The van der Waals surface area contributed by atoms with Gasteiger partial charge in [0.25, 0.3) is 0 Å². The molecule has 0 atom stereocenters. The summed E-state index contributed by atoms with van der Waals surface area (Å²) in [6.45, 7) is 6.31. The Bertz CT molecular complexity index is 801. The zero-order valence-corrected chi connectivity index (χ0v) is 13.3. The predicted molar refractivity (Wildman–Crippen MR) is 77.8 cm³/mol. The number of halogens is 2. The summed E-state index contributed by atoms with van der Waals surface area (Å²) in [5, 5.41) is 4.30. The lowest BCUT2D eigenvalue weighted by atomic mass is 10.2. The van der Waals surface area contributed by atoms with Crippen LogP contribution in [0.2, 0.25) is 0 Å². The van der Waals surface area contributed by atoms with Crippen molar-refractivity contribution in [2.24, 2.45) is 0 Å². The van der Waals surface area contributed by atoms with E-state index in [-0.39, 0.29) is 11.4 Å². The van der Waals surface area contributed by atoms with Crippen LogP contribution >= 0.6 is 0 Å². The summed E-state index contributed by atoms with van der Waals surface area (Å²) in [7, 11) is -3.92. The van der Waals surface area contributed by atoms with Gasteiger partial charge in [0, 0.05) is 24.3 Å². The quantitative estimate of drug-likeness (QED) is 0.915. The van der Waals surface area contributed by atoms with E-state index in [0.717, 1.165) is 29.1 Å². The Morgan fingerprint density at radius 2 is 1.91 bits per heavy atom. The molecular weight excluding hydrogens is 312 g/mol. The fraction of sp³-hybridized carbons (Fsp3) is 0.357. The molecule has 2 rings (SSSR count). The zero-order chi connectivity index (χ0) is 16.5. The van der Waals surface area contributed by atoms with Gasteiger partial charge in [-0.3, -0.25) is 4.68 Å². The minimum absolute atomic E-state index is 0.0407. The van der Waals surface area contributed by atoms with Crippen LogP contribution in [0, 0.1) is 25.5 Å². The molecule has 1 heterocycles. The molecule has 1 aromatic carbocycles. The molecule has 1 aromatic heterocycles. The largest absolute Gasteiger partial charge is 0.270 e. The topological polar surface area (TPSA) is 64.0 Å². The van der Waals surface area contributed by atoms with Crippen molar-refractivity contribution in [1.29, 1.82) is 0 Å². The standard InChI is InChI=1S/C14H17F2N3O2S/c1-4-19-10(3)12(9(2)18-19)8-17-22(20,21)11-5-6-13(15)14(16)7-11/h5-7,17H,4,8H2,1-3H3. The number of nitrogens with one attached hydrogen (secondary N) is 1. The van der Waals surface area contributed by atoms with Crippen LogP contribution in [-0.4, -0.2) is 18.2 Å². The number of benzene rings is 1. The fourth-order valence-electron chi connectivity index (χ4n) is 2.19. The molecule has 0 amide bonds. The molecule has 22 heavy (non-hydrogen) atoms. The van der Waals surface area contributed by atoms with Crippen LogP contribution in [0.4, 0.5) is 8.78 Å². The molecule has 0 aliphatic rings. The smallest absolute Gasteiger partial charge is 0.240 e. The highest BCUT2D eigenvalue weighted by Crippen LogP contribution is 2.16. The van der Waals surface area contributed by atoms with Crippen molar-refractivity contribution in [3.8, 4) is 0 Å². The minimum atomic E-state index is -3.92. The first-order valence-electron chi connectivity index (χ1n) is 6.74. The Hall–Kier alpha value is -1.80. The fourth-order valence-corrected chi connectivity index (χ4v) is 3.20. The van der Waals surface area contributed by atoms with Crippen LogP contribution in [0.15, 0.2) is 23.1 Å². The molecule has 8 heteroatoms. The Kier molecular flexibility index (Phi) is 4.62. The van der Waals surface area contributed by atoms with Crippen LogP contribution < -0.4 is 4.72 Å². The molecule has 0 bridgehead atoms. The van der Waals surface area contributed by atoms with Crippen molar-refractivity contribution in [1.82, 2.24) is 14.5 Å². The van der Waals surface area contributed by atoms with Crippen molar-refractivity contribution < 1.29 is 17.2 Å². The molecule has 0 radical (unpaired) electrons. The highest BCUT2D eigenvalue weighted by Gasteiger charge is 2.18. The van der Waals surface area contributed by atoms with Gasteiger partial charge in [-0.05, 0) is 39.0 Å². The Labute approximate surface area is 128 Å². The van der Waals surface area contributed by atoms with E-state index in [0.29, 0.717) is 12.6 Å². The van der Waals surface area contributed by atoms with Crippen LogP contribution in [-0.2, 0) is 23.1 Å². The molecule has 0 unspecified atom stereocenters. The molecule has 0 fully saturated rings. The molecule has 0 saturated carbocycles.